The van der Waals surface area contributed by atoms with E-state index in [1.54, 1.807) is 0 Å². The Morgan fingerprint density at radius 3 is 0.316 bits per heavy atom. The summed E-state index contributed by atoms with van der Waals surface area (Å²) in [4.78, 5) is 61.3. The van der Waals surface area contributed by atoms with Gasteiger partial charge in [-0.1, -0.05) is 300 Å². The Balaban J connectivity index is -0.000000157. The maximum Gasteiger partial charge on any atom is 0.308 e. The topological polar surface area (TPSA) is 241 Å². The van der Waals surface area contributed by atoms with Crippen molar-refractivity contribution >= 4 is 48.2 Å². The molecule has 0 aromatic heterocycles. The minimum atomic E-state index is -2.13. The summed E-state index contributed by atoms with van der Waals surface area (Å²) in [7, 11) is -12.8. The Kier molecular flexibility index (Phi) is 107. The average molecular weight is 1320 g/mol. The smallest absolute Gasteiger partial charge is 0.308 e. The summed E-state index contributed by atoms with van der Waals surface area (Å²) in [5.74, 6) is 0. The summed E-state index contributed by atoms with van der Waals surface area (Å²) in [6.45, 7) is 13.3. The Labute approximate surface area is 509 Å². The van der Waals surface area contributed by atoms with Crippen LogP contribution in [0.4, 0.5) is 0 Å². The normalized spacial score (nSPS) is 11.5. The molecule has 6 atom stereocenters. The molecule has 0 radical (unpaired) electrons. The molecule has 0 aliphatic carbocycles. The first-order chi connectivity index (χ1) is 37.6. The molecular weight excluding hydrogens is 1190 g/mol. The Hall–Kier alpha value is 1.05. The van der Waals surface area contributed by atoms with Gasteiger partial charge in [-0.05, 0) is 77.0 Å². The maximum atomic E-state index is 10.2. The van der Waals surface area contributed by atoms with Gasteiger partial charge in [-0.25, -0.2) is 0 Å². The second kappa shape index (κ2) is 90.2. The number of unbranched alkanes of at least 4 members (excludes halogenated alkanes) is 42. The van der Waals surface area contributed by atoms with E-state index in [4.69, 9.17) is 0 Å². The molecule has 12 nitrogen and oxygen atoms in total. The van der Waals surface area contributed by atoms with Crippen molar-refractivity contribution in [3.05, 3.63) is 0 Å². The molecule has 0 N–H and O–H groups in total. The molecule has 0 rings (SSSR count). The van der Waals surface area contributed by atoms with E-state index in [0.717, 1.165) is 77.0 Å². The van der Waals surface area contributed by atoms with Crippen LogP contribution in [0, 0.1) is 0 Å². The maximum absolute atomic E-state index is 10.2. The van der Waals surface area contributed by atoms with Gasteiger partial charge in [0.15, 0.2) is 0 Å². The van der Waals surface area contributed by atoms with Gasteiger partial charge >= 0.3 is 48.2 Å². The minimum absolute atomic E-state index is 0. The predicted octanol–water partition coefficient (Wildman–Crippen LogP) is 19.4. The molecule has 474 valence electrons. The summed E-state index contributed by atoms with van der Waals surface area (Å²) < 4.78 is 61.3. The van der Waals surface area contributed by atoms with Crippen molar-refractivity contribution in [2.75, 3.05) is 37.0 Å². The molecule has 0 aliphatic heterocycles. The zero-order valence-corrected chi connectivity index (χ0v) is 59.5. The van der Waals surface area contributed by atoms with Crippen molar-refractivity contribution in [3.63, 3.8) is 0 Å². The van der Waals surface area contributed by atoms with E-state index in [1.807, 2.05) is 0 Å². The van der Waals surface area contributed by atoms with Crippen molar-refractivity contribution in [1.29, 1.82) is 0 Å². The molecular formula is C60H126MoO12P6. The van der Waals surface area contributed by atoms with Crippen molar-refractivity contribution < 1.29 is 77.8 Å². The van der Waals surface area contributed by atoms with Crippen molar-refractivity contribution in [1.82, 2.24) is 0 Å². The van der Waals surface area contributed by atoms with E-state index < -0.39 is 48.2 Å². The van der Waals surface area contributed by atoms with Crippen LogP contribution in [-0.4, -0.2) is 37.0 Å². The fraction of sp³-hybridized carbons (Fsp3) is 1.00. The van der Waals surface area contributed by atoms with Gasteiger partial charge in [-0.2, -0.15) is 0 Å². The fourth-order valence-electron chi connectivity index (χ4n) is 8.25. The molecule has 0 aromatic carbocycles. The average Bonchev–Trinajstić information content (AvgIpc) is 3.39. The Morgan fingerprint density at radius 2 is 0.241 bits per heavy atom. The van der Waals surface area contributed by atoms with Crippen LogP contribution in [0.5, 0.6) is 0 Å². The van der Waals surface area contributed by atoms with Gasteiger partial charge in [-0.15, -0.1) is 0 Å². The zero-order chi connectivity index (χ0) is 59.6. The van der Waals surface area contributed by atoms with Gasteiger partial charge in [-0.3, -0.25) is 0 Å². The summed E-state index contributed by atoms with van der Waals surface area (Å²) >= 11 is 0. The number of hydrogen-bond donors (Lipinski definition) is 0. The monoisotopic (exact) mass is 1320 g/mol. The SMILES string of the molecule is CCCCCCCCCC[P+](=O)[O-].CCCCCCCCCC[P+](=O)[O-].CCCCCCCCCC[P+](=O)[O-].CCCCCCCCCC[P+](=O)[O-].CCCCCCCCCC[P+](=O)[O-].CCCCCCCCCC[P+](=O)[O-].[Mo]. The van der Waals surface area contributed by atoms with Gasteiger partial charge < -0.3 is 29.4 Å². The van der Waals surface area contributed by atoms with Crippen LogP contribution in [0.1, 0.15) is 350 Å². The standard InChI is InChI=1S/6C10H21O2P.Mo/c6*1-2-3-4-5-6-7-8-9-10-13(11)12;/h6*2-10H2,1H3;. The predicted molar refractivity (Wildman–Crippen MR) is 331 cm³/mol. The first-order valence-electron chi connectivity index (χ1n) is 32.3. The summed E-state index contributed by atoms with van der Waals surface area (Å²) in [6, 6.07) is 0. The molecule has 0 aromatic rings. The van der Waals surface area contributed by atoms with E-state index in [0.29, 0.717) is 37.0 Å². The third-order valence-electron chi connectivity index (χ3n) is 13.2. The largest absolute Gasteiger partial charge is 0.596 e. The molecule has 0 heterocycles. The van der Waals surface area contributed by atoms with E-state index in [2.05, 4.69) is 41.5 Å². The van der Waals surface area contributed by atoms with E-state index >= 15 is 0 Å². The van der Waals surface area contributed by atoms with Crippen LogP contribution in [0.15, 0.2) is 0 Å². The number of rotatable bonds is 54. The third kappa shape index (κ3) is 126. The van der Waals surface area contributed by atoms with Gasteiger partial charge in [0.1, 0.15) is 37.0 Å². The Bertz CT molecular complexity index is 997. The van der Waals surface area contributed by atoms with Crippen LogP contribution < -0.4 is 29.4 Å². The van der Waals surface area contributed by atoms with Gasteiger partial charge in [0, 0.05) is 21.1 Å². The van der Waals surface area contributed by atoms with Gasteiger partial charge in [0.25, 0.3) is 0 Å². The van der Waals surface area contributed by atoms with Gasteiger partial charge in [0.05, 0.1) is 0 Å². The first-order valence-corrected chi connectivity index (χ1v) is 40.5. The summed E-state index contributed by atoms with van der Waals surface area (Å²) in [5, 5.41) is 0. The van der Waals surface area contributed by atoms with Crippen molar-refractivity contribution in [2.24, 2.45) is 0 Å². The number of hydrogen-bond acceptors (Lipinski definition) is 12. The quantitative estimate of drug-likeness (QED) is 0.0314. The molecule has 0 bridgehead atoms. The zero-order valence-electron chi connectivity index (χ0n) is 52.2. The van der Waals surface area contributed by atoms with Crippen molar-refractivity contribution in [2.45, 2.75) is 350 Å². The van der Waals surface area contributed by atoms with Crippen LogP contribution in [0.3, 0.4) is 0 Å². The van der Waals surface area contributed by atoms with Crippen LogP contribution in [-0.2, 0) is 48.5 Å². The van der Waals surface area contributed by atoms with Gasteiger partial charge in [0.2, 0.25) is 0 Å². The molecule has 0 saturated heterocycles. The first kappa shape index (κ1) is 93.7. The van der Waals surface area contributed by atoms with E-state index in [1.165, 1.54) is 231 Å². The molecule has 19 heteroatoms. The van der Waals surface area contributed by atoms with Crippen LogP contribution >= 0.6 is 48.2 Å². The molecule has 79 heavy (non-hydrogen) atoms. The van der Waals surface area contributed by atoms with Crippen LogP contribution in [0.2, 0.25) is 0 Å². The van der Waals surface area contributed by atoms with Crippen molar-refractivity contribution in [3.8, 4) is 0 Å². The fourth-order valence-corrected chi connectivity index (χ4v) is 11.1. The second-order valence-corrected chi connectivity index (χ2v) is 27.9. The molecule has 0 aliphatic rings. The summed E-state index contributed by atoms with van der Waals surface area (Å²) in [6.07, 6.45) is 60.4. The molecule has 0 amide bonds. The summed E-state index contributed by atoms with van der Waals surface area (Å²) in [5.41, 5.74) is 0. The minimum Gasteiger partial charge on any atom is -0.596 e. The molecule has 0 saturated carbocycles. The second-order valence-electron chi connectivity index (χ2n) is 21.2. The molecule has 0 spiro atoms. The molecule has 0 fully saturated rings. The third-order valence-corrected chi connectivity index (χ3v) is 17.3. The van der Waals surface area contributed by atoms with E-state index in [-0.39, 0.29) is 21.1 Å². The molecule has 6 unspecified atom stereocenters. The van der Waals surface area contributed by atoms with E-state index in [9.17, 15) is 56.8 Å². The van der Waals surface area contributed by atoms with Crippen LogP contribution in [0.25, 0.3) is 0 Å². The Morgan fingerprint density at radius 1 is 0.165 bits per heavy atom.